The molecule has 0 bridgehead atoms. The van der Waals surface area contributed by atoms with E-state index in [4.69, 9.17) is 21.4 Å². The Kier molecular flexibility index (Phi) is 5.05. The highest BCUT2D eigenvalue weighted by Crippen LogP contribution is 2.28. The minimum atomic E-state index is -0.754. The van der Waals surface area contributed by atoms with Crippen LogP contribution in [0.3, 0.4) is 0 Å². The van der Waals surface area contributed by atoms with Gasteiger partial charge in [-0.25, -0.2) is 0 Å². The Morgan fingerprint density at radius 1 is 1.37 bits per heavy atom. The van der Waals surface area contributed by atoms with Crippen LogP contribution in [0.15, 0.2) is 18.2 Å². The largest absolute Gasteiger partial charge is 0.481 e. The number of carboxylic acid groups (broad SMARTS) is 1. The molecule has 0 radical (unpaired) electrons. The summed E-state index contributed by atoms with van der Waals surface area (Å²) >= 11 is 6.31. The summed E-state index contributed by atoms with van der Waals surface area (Å²) in [6.07, 6.45) is 1.58. The molecule has 0 spiro atoms. The van der Waals surface area contributed by atoms with Gasteiger partial charge in [0.1, 0.15) is 0 Å². The van der Waals surface area contributed by atoms with Crippen LogP contribution >= 0.6 is 11.6 Å². The lowest BCUT2D eigenvalue weighted by molar-refractivity contribution is -0.137. The third kappa shape index (κ3) is 4.11. The van der Waals surface area contributed by atoms with Crippen molar-refractivity contribution in [3.63, 3.8) is 0 Å². The molecule has 0 amide bonds. The van der Waals surface area contributed by atoms with Gasteiger partial charge in [-0.3, -0.25) is 4.79 Å². The molecule has 1 aliphatic rings. The first kappa shape index (κ1) is 14.2. The number of nitrogens with zero attached hydrogens (tertiary/aromatic N) is 1. The predicted molar refractivity (Wildman–Crippen MR) is 75.1 cm³/mol. The number of hydrogen-bond donors (Lipinski definition) is 1. The minimum Gasteiger partial charge on any atom is -0.481 e. The fourth-order valence-corrected chi connectivity index (χ4v) is 2.53. The number of anilines is 1. The number of hydrogen-bond acceptors (Lipinski definition) is 3. The molecule has 1 heterocycles. The Balaban J connectivity index is 1.98. The van der Waals surface area contributed by atoms with Crippen molar-refractivity contribution in [1.82, 2.24) is 0 Å². The van der Waals surface area contributed by atoms with Gasteiger partial charge < -0.3 is 14.7 Å². The van der Waals surface area contributed by atoms with Gasteiger partial charge in [0.15, 0.2) is 0 Å². The quantitative estimate of drug-likeness (QED) is 0.902. The number of carbonyl (C=O) groups is 1. The van der Waals surface area contributed by atoms with E-state index in [1.54, 1.807) is 0 Å². The first-order chi connectivity index (χ1) is 9.16. The average molecular weight is 284 g/mol. The van der Waals surface area contributed by atoms with Crippen LogP contribution in [0.5, 0.6) is 0 Å². The molecule has 1 N–H and O–H groups in total. The third-order valence-electron chi connectivity index (χ3n) is 3.22. The van der Waals surface area contributed by atoms with E-state index in [2.05, 4.69) is 4.90 Å². The lowest BCUT2D eigenvalue weighted by Gasteiger charge is -2.29. The smallest absolute Gasteiger partial charge is 0.303 e. The summed E-state index contributed by atoms with van der Waals surface area (Å²) < 4.78 is 5.32. The predicted octanol–water partition coefficient (Wildman–Crippen LogP) is 2.58. The molecule has 0 aromatic heterocycles. The van der Waals surface area contributed by atoms with Crippen molar-refractivity contribution >= 4 is 23.3 Å². The molecule has 0 aliphatic carbocycles. The van der Waals surface area contributed by atoms with Gasteiger partial charge in [-0.05, 0) is 30.5 Å². The van der Waals surface area contributed by atoms with Crippen LogP contribution in [0, 0.1) is 0 Å². The molecular weight excluding hydrogens is 266 g/mol. The summed E-state index contributed by atoms with van der Waals surface area (Å²) in [5, 5.41) is 9.35. The molecule has 0 saturated carbocycles. The molecule has 0 unspecified atom stereocenters. The highest BCUT2D eigenvalue weighted by atomic mass is 35.5. The topological polar surface area (TPSA) is 49.8 Å². The molecule has 1 fully saturated rings. The zero-order chi connectivity index (χ0) is 13.7. The number of aliphatic carboxylic acids is 1. The first-order valence-corrected chi connectivity index (χ1v) is 6.87. The van der Waals surface area contributed by atoms with E-state index in [0.717, 1.165) is 49.0 Å². The van der Waals surface area contributed by atoms with E-state index in [9.17, 15) is 4.79 Å². The van der Waals surface area contributed by atoms with Crippen LogP contribution in [0.4, 0.5) is 5.69 Å². The van der Waals surface area contributed by atoms with Crippen LogP contribution in [-0.2, 0) is 16.0 Å². The van der Waals surface area contributed by atoms with Crippen molar-refractivity contribution in [3.8, 4) is 0 Å². The maximum Gasteiger partial charge on any atom is 0.303 e. The van der Waals surface area contributed by atoms with Gasteiger partial charge in [-0.1, -0.05) is 17.7 Å². The maximum absolute atomic E-state index is 10.5. The van der Waals surface area contributed by atoms with Gasteiger partial charge in [-0.15, -0.1) is 0 Å². The van der Waals surface area contributed by atoms with Crippen molar-refractivity contribution in [1.29, 1.82) is 0 Å². The van der Waals surface area contributed by atoms with Gasteiger partial charge in [0.25, 0.3) is 0 Å². The second kappa shape index (κ2) is 6.78. The monoisotopic (exact) mass is 283 g/mol. The van der Waals surface area contributed by atoms with Crippen LogP contribution in [0.2, 0.25) is 5.02 Å². The van der Waals surface area contributed by atoms with Crippen LogP contribution < -0.4 is 4.90 Å². The Morgan fingerprint density at radius 3 is 2.74 bits per heavy atom. The number of carboxylic acids is 1. The zero-order valence-corrected chi connectivity index (χ0v) is 11.5. The molecule has 1 aromatic rings. The van der Waals surface area contributed by atoms with Crippen molar-refractivity contribution in [3.05, 3.63) is 28.8 Å². The minimum absolute atomic E-state index is 0.197. The summed E-state index contributed by atoms with van der Waals surface area (Å²) in [5.74, 6) is -0.754. The van der Waals surface area contributed by atoms with Crippen LogP contribution in [-0.4, -0.2) is 37.4 Å². The van der Waals surface area contributed by atoms with Gasteiger partial charge in [0, 0.05) is 19.5 Å². The number of benzene rings is 1. The molecule has 5 heteroatoms. The highest BCUT2D eigenvalue weighted by Gasteiger charge is 2.14. The Hall–Kier alpha value is -1.26. The Labute approximate surface area is 117 Å². The Bertz CT molecular complexity index is 444. The number of halogens is 1. The van der Waals surface area contributed by atoms with E-state index in [1.807, 2.05) is 18.2 Å². The molecule has 104 valence electrons. The van der Waals surface area contributed by atoms with Gasteiger partial charge in [-0.2, -0.15) is 0 Å². The van der Waals surface area contributed by atoms with E-state index in [-0.39, 0.29) is 6.42 Å². The summed E-state index contributed by atoms with van der Waals surface area (Å²) in [7, 11) is 0. The SMILES string of the molecule is O=C(O)CCCc1ccc(N2CCOCC2)c(Cl)c1. The second-order valence-electron chi connectivity index (χ2n) is 4.63. The van der Waals surface area contributed by atoms with E-state index in [0.29, 0.717) is 6.42 Å². The lowest BCUT2D eigenvalue weighted by atomic mass is 10.1. The highest BCUT2D eigenvalue weighted by molar-refractivity contribution is 6.33. The van der Waals surface area contributed by atoms with Gasteiger partial charge >= 0.3 is 5.97 Å². The van der Waals surface area contributed by atoms with Crippen molar-refractivity contribution < 1.29 is 14.6 Å². The van der Waals surface area contributed by atoms with E-state index >= 15 is 0 Å². The molecule has 1 aliphatic heterocycles. The maximum atomic E-state index is 10.5. The number of aryl methyl sites for hydroxylation is 1. The van der Waals surface area contributed by atoms with Crippen LogP contribution in [0.25, 0.3) is 0 Å². The molecule has 1 saturated heterocycles. The molecule has 2 rings (SSSR count). The lowest BCUT2D eigenvalue weighted by Crippen LogP contribution is -2.36. The first-order valence-electron chi connectivity index (χ1n) is 6.50. The van der Waals surface area contributed by atoms with Gasteiger partial charge in [0.05, 0.1) is 23.9 Å². The standard InChI is InChI=1S/C14H18ClNO3/c15-12-10-11(2-1-3-14(17)18)4-5-13(12)16-6-8-19-9-7-16/h4-5,10H,1-3,6-9H2,(H,17,18). The van der Waals surface area contributed by atoms with Gasteiger partial charge in [0.2, 0.25) is 0 Å². The van der Waals surface area contributed by atoms with Crippen LogP contribution in [0.1, 0.15) is 18.4 Å². The van der Waals surface area contributed by atoms with E-state index < -0.39 is 5.97 Å². The molecule has 0 atom stereocenters. The van der Waals surface area contributed by atoms with Crippen molar-refractivity contribution in [2.45, 2.75) is 19.3 Å². The number of morpholine rings is 1. The third-order valence-corrected chi connectivity index (χ3v) is 3.52. The van der Waals surface area contributed by atoms with Crippen molar-refractivity contribution in [2.75, 3.05) is 31.2 Å². The number of rotatable bonds is 5. The second-order valence-corrected chi connectivity index (χ2v) is 5.04. The van der Waals surface area contributed by atoms with Crippen molar-refractivity contribution in [2.24, 2.45) is 0 Å². The summed E-state index contributed by atoms with van der Waals surface area (Å²) in [6, 6.07) is 5.98. The number of ether oxygens (including phenoxy) is 1. The zero-order valence-electron chi connectivity index (χ0n) is 10.8. The summed E-state index contributed by atoms with van der Waals surface area (Å²) in [5.41, 5.74) is 2.12. The fourth-order valence-electron chi connectivity index (χ4n) is 2.21. The molecule has 19 heavy (non-hydrogen) atoms. The Morgan fingerprint density at radius 2 is 2.11 bits per heavy atom. The van der Waals surface area contributed by atoms with E-state index in [1.165, 1.54) is 0 Å². The summed E-state index contributed by atoms with van der Waals surface area (Å²) in [6.45, 7) is 3.18. The molecule has 1 aromatic carbocycles. The molecular formula is C14H18ClNO3. The normalized spacial score (nSPS) is 15.5. The average Bonchev–Trinajstić information content (AvgIpc) is 2.39. The fraction of sp³-hybridized carbons (Fsp3) is 0.500. The summed E-state index contributed by atoms with van der Waals surface area (Å²) in [4.78, 5) is 12.7. The molecule has 4 nitrogen and oxygen atoms in total.